The maximum Gasteiger partial charge on any atom is 0.269 e. The lowest BCUT2D eigenvalue weighted by molar-refractivity contribution is 0.0944. The SMILES string of the molecule is C=CCNS(=O)(=O)c1cccc(C(=O)NNC(=S)Nc2ccc(F)cc2)c1. The Morgan fingerprint density at radius 3 is 2.52 bits per heavy atom. The maximum atomic E-state index is 12.9. The molecule has 2 rings (SSSR count). The molecule has 0 radical (unpaired) electrons. The van der Waals surface area contributed by atoms with Gasteiger partial charge in [-0.15, -0.1) is 6.58 Å². The van der Waals surface area contributed by atoms with Crippen molar-refractivity contribution in [3.63, 3.8) is 0 Å². The highest BCUT2D eigenvalue weighted by Crippen LogP contribution is 2.11. The van der Waals surface area contributed by atoms with Crippen LogP contribution in [0.25, 0.3) is 0 Å². The average Bonchev–Trinajstić information content (AvgIpc) is 2.66. The molecule has 0 aliphatic heterocycles. The van der Waals surface area contributed by atoms with Crippen LogP contribution in [-0.4, -0.2) is 26.0 Å². The normalized spacial score (nSPS) is 10.7. The van der Waals surface area contributed by atoms with Gasteiger partial charge in [0.1, 0.15) is 5.82 Å². The van der Waals surface area contributed by atoms with Crippen molar-refractivity contribution in [1.29, 1.82) is 0 Å². The molecule has 0 atom stereocenters. The third-order valence-electron chi connectivity index (χ3n) is 3.22. The van der Waals surface area contributed by atoms with Gasteiger partial charge in [0.05, 0.1) is 4.90 Å². The van der Waals surface area contributed by atoms with Crippen LogP contribution in [-0.2, 0) is 10.0 Å². The van der Waals surface area contributed by atoms with Crippen LogP contribution >= 0.6 is 12.2 Å². The van der Waals surface area contributed by atoms with Gasteiger partial charge in [-0.2, -0.15) is 0 Å². The van der Waals surface area contributed by atoms with Crippen LogP contribution in [0.3, 0.4) is 0 Å². The Morgan fingerprint density at radius 2 is 1.85 bits per heavy atom. The third kappa shape index (κ3) is 6.13. The monoisotopic (exact) mass is 408 g/mol. The second kappa shape index (κ2) is 9.21. The summed E-state index contributed by atoms with van der Waals surface area (Å²) in [5, 5.41) is 2.83. The van der Waals surface area contributed by atoms with E-state index in [1.807, 2.05) is 0 Å². The Morgan fingerprint density at radius 1 is 1.15 bits per heavy atom. The predicted molar refractivity (Wildman–Crippen MR) is 105 cm³/mol. The summed E-state index contributed by atoms with van der Waals surface area (Å²) in [5.74, 6) is -0.968. The van der Waals surface area contributed by atoms with E-state index < -0.39 is 15.9 Å². The van der Waals surface area contributed by atoms with Crippen molar-refractivity contribution in [3.05, 3.63) is 72.6 Å². The van der Waals surface area contributed by atoms with E-state index in [1.165, 1.54) is 54.6 Å². The molecule has 1 amide bonds. The summed E-state index contributed by atoms with van der Waals surface area (Å²) in [6.07, 6.45) is 1.41. The molecule has 0 unspecified atom stereocenters. The van der Waals surface area contributed by atoms with E-state index in [0.29, 0.717) is 5.69 Å². The van der Waals surface area contributed by atoms with Gasteiger partial charge in [-0.3, -0.25) is 15.6 Å². The minimum atomic E-state index is -3.74. The molecular formula is C17H17FN4O3S2. The number of carbonyl (C=O) groups excluding carboxylic acids is 1. The smallest absolute Gasteiger partial charge is 0.269 e. The van der Waals surface area contributed by atoms with Gasteiger partial charge in [-0.1, -0.05) is 12.1 Å². The zero-order valence-corrected chi connectivity index (χ0v) is 15.7. The van der Waals surface area contributed by atoms with Gasteiger partial charge in [0.15, 0.2) is 5.11 Å². The fourth-order valence-corrected chi connectivity index (χ4v) is 3.15. The molecule has 10 heteroatoms. The van der Waals surface area contributed by atoms with Crippen LogP contribution in [0.4, 0.5) is 10.1 Å². The van der Waals surface area contributed by atoms with Crippen LogP contribution in [0.15, 0.2) is 66.1 Å². The van der Waals surface area contributed by atoms with Crippen molar-refractivity contribution in [2.24, 2.45) is 0 Å². The van der Waals surface area contributed by atoms with Gasteiger partial charge in [-0.25, -0.2) is 17.5 Å². The van der Waals surface area contributed by atoms with Crippen LogP contribution in [0.2, 0.25) is 0 Å². The van der Waals surface area contributed by atoms with Crippen molar-refractivity contribution in [3.8, 4) is 0 Å². The highest BCUT2D eigenvalue weighted by atomic mass is 32.2. The Balaban J connectivity index is 1.97. The zero-order chi connectivity index (χ0) is 19.9. The summed E-state index contributed by atoms with van der Waals surface area (Å²) in [6, 6.07) is 11.0. The molecule has 0 bridgehead atoms. The highest BCUT2D eigenvalue weighted by molar-refractivity contribution is 7.89. The molecule has 0 saturated carbocycles. The molecule has 27 heavy (non-hydrogen) atoms. The summed E-state index contributed by atoms with van der Waals surface area (Å²) in [5.41, 5.74) is 5.49. The van der Waals surface area contributed by atoms with E-state index in [1.54, 1.807) is 0 Å². The number of hydrazine groups is 1. The van der Waals surface area contributed by atoms with Crippen molar-refractivity contribution in [1.82, 2.24) is 15.6 Å². The number of sulfonamides is 1. The summed E-state index contributed by atoms with van der Waals surface area (Å²) in [6.45, 7) is 3.52. The second-order valence-corrected chi connectivity index (χ2v) is 7.38. The molecular weight excluding hydrogens is 391 g/mol. The molecule has 0 spiro atoms. The number of thiocarbonyl (C=S) groups is 1. The second-order valence-electron chi connectivity index (χ2n) is 5.21. The lowest BCUT2D eigenvalue weighted by Crippen LogP contribution is -2.43. The largest absolute Gasteiger partial charge is 0.331 e. The molecule has 142 valence electrons. The molecule has 2 aromatic carbocycles. The number of hydrogen-bond acceptors (Lipinski definition) is 4. The van der Waals surface area contributed by atoms with Gasteiger partial charge in [0.25, 0.3) is 5.91 Å². The standard InChI is InChI=1S/C17H17FN4O3S2/c1-2-10-19-27(24,25)15-5-3-4-12(11-15)16(23)21-22-17(26)20-14-8-6-13(18)7-9-14/h2-9,11,19H,1,10H2,(H,21,23)(H2,20,22,26). The highest BCUT2D eigenvalue weighted by Gasteiger charge is 2.15. The number of anilines is 1. The van der Waals surface area contributed by atoms with Gasteiger partial charge >= 0.3 is 0 Å². The number of carbonyl (C=O) groups is 1. The van der Waals surface area contributed by atoms with Crippen molar-refractivity contribution >= 4 is 38.9 Å². The quantitative estimate of drug-likeness (QED) is 0.331. The van der Waals surface area contributed by atoms with E-state index in [0.717, 1.165) is 0 Å². The number of halogens is 1. The molecule has 2 aromatic rings. The Hall–Kier alpha value is -2.82. The number of rotatable bonds is 6. The van der Waals surface area contributed by atoms with Gasteiger partial charge in [0.2, 0.25) is 10.0 Å². The molecule has 7 nitrogen and oxygen atoms in total. The van der Waals surface area contributed by atoms with Crippen molar-refractivity contribution in [2.75, 3.05) is 11.9 Å². The van der Waals surface area contributed by atoms with Gasteiger partial charge in [-0.05, 0) is 54.7 Å². The lowest BCUT2D eigenvalue weighted by Gasteiger charge is -2.12. The van der Waals surface area contributed by atoms with Gasteiger partial charge in [0, 0.05) is 17.8 Å². The first-order valence-corrected chi connectivity index (χ1v) is 9.54. The van der Waals surface area contributed by atoms with Crippen LogP contribution < -0.4 is 20.9 Å². The van der Waals surface area contributed by atoms with Gasteiger partial charge < -0.3 is 5.32 Å². The first-order chi connectivity index (χ1) is 12.8. The summed E-state index contributed by atoms with van der Waals surface area (Å²) >= 11 is 5.02. The Bertz CT molecular complexity index is 947. The number of nitrogens with one attached hydrogen (secondary N) is 4. The zero-order valence-electron chi connectivity index (χ0n) is 14.0. The Kier molecular flexibility index (Phi) is 6.99. The van der Waals surface area contributed by atoms with Crippen molar-refractivity contribution in [2.45, 2.75) is 4.90 Å². The topological polar surface area (TPSA) is 99.3 Å². The molecule has 0 aromatic heterocycles. The van der Waals surface area contributed by atoms with Crippen LogP contribution in [0, 0.1) is 5.82 Å². The average molecular weight is 408 g/mol. The molecule has 0 aliphatic rings. The van der Waals surface area contributed by atoms with E-state index in [9.17, 15) is 17.6 Å². The molecule has 4 N–H and O–H groups in total. The van der Waals surface area contributed by atoms with Crippen LogP contribution in [0.5, 0.6) is 0 Å². The fraction of sp³-hybridized carbons (Fsp3) is 0.0588. The first kappa shape index (κ1) is 20.5. The summed E-state index contributed by atoms with van der Waals surface area (Å²) in [4.78, 5) is 12.1. The van der Waals surface area contributed by atoms with Crippen molar-refractivity contribution < 1.29 is 17.6 Å². The molecule has 0 heterocycles. The van der Waals surface area contributed by atoms with E-state index in [-0.39, 0.29) is 27.9 Å². The Labute approximate surface area is 161 Å². The summed E-state index contributed by atoms with van der Waals surface area (Å²) in [7, 11) is -3.74. The number of amides is 1. The fourth-order valence-electron chi connectivity index (χ4n) is 1.94. The molecule has 0 aliphatic carbocycles. The predicted octanol–water partition coefficient (Wildman–Crippen LogP) is 1.92. The van der Waals surface area contributed by atoms with E-state index in [2.05, 4.69) is 27.5 Å². The molecule has 0 fully saturated rings. The first-order valence-electron chi connectivity index (χ1n) is 7.65. The minimum Gasteiger partial charge on any atom is -0.331 e. The number of benzene rings is 2. The third-order valence-corrected chi connectivity index (χ3v) is 4.84. The van der Waals surface area contributed by atoms with E-state index >= 15 is 0 Å². The lowest BCUT2D eigenvalue weighted by atomic mass is 10.2. The number of hydrogen-bond donors (Lipinski definition) is 4. The summed E-state index contributed by atoms with van der Waals surface area (Å²) < 4.78 is 39.4. The van der Waals surface area contributed by atoms with E-state index in [4.69, 9.17) is 12.2 Å². The minimum absolute atomic E-state index is 0.0518. The molecule has 0 saturated heterocycles. The van der Waals surface area contributed by atoms with Crippen LogP contribution in [0.1, 0.15) is 10.4 Å². The maximum absolute atomic E-state index is 12.9.